The second kappa shape index (κ2) is 12.7. The molecule has 1 fully saturated rings. The third-order valence-corrected chi connectivity index (χ3v) is 7.99. The molecule has 1 saturated heterocycles. The molecular formula is C21H32IN5O2S2. The van der Waals surface area contributed by atoms with Crippen LogP contribution < -0.4 is 10.6 Å². The minimum atomic E-state index is -3.39. The highest BCUT2D eigenvalue weighted by atomic mass is 127. The standard InChI is InChI=1S/C21H31N5O2S2.HI/c1-3-22-21(23-12-9-20-24-15-17(2)29-20)25-16-18-10-13-26(14-11-18)30(27,28)19-7-5-4-6-8-19;/h4-8,15,18H,3,9-14,16H2,1-2H3,(H2,22,23,25);1H. The van der Waals surface area contributed by atoms with Gasteiger partial charge in [-0.2, -0.15) is 4.31 Å². The van der Waals surface area contributed by atoms with E-state index in [-0.39, 0.29) is 24.0 Å². The number of aromatic nitrogens is 1. The van der Waals surface area contributed by atoms with Crippen LogP contribution in [0.4, 0.5) is 0 Å². The SMILES string of the molecule is CCNC(=NCC1CCN(S(=O)(=O)c2ccccc2)CC1)NCCc1ncc(C)s1.I. The van der Waals surface area contributed by atoms with Crippen molar-refractivity contribution in [2.75, 3.05) is 32.7 Å². The number of guanidine groups is 1. The summed E-state index contributed by atoms with van der Waals surface area (Å²) in [4.78, 5) is 10.7. The molecule has 3 rings (SSSR count). The molecule has 2 heterocycles. The normalized spacial score (nSPS) is 16.0. The number of nitrogens with zero attached hydrogens (tertiary/aromatic N) is 3. The highest BCUT2D eigenvalue weighted by Crippen LogP contribution is 2.23. The minimum Gasteiger partial charge on any atom is -0.357 e. The van der Waals surface area contributed by atoms with Gasteiger partial charge in [0.15, 0.2) is 5.96 Å². The Morgan fingerprint density at radius 3 is 2.55 bits per heavy atom. The third kappa shape index (κ3) is 7.69. The van der Waals surface area contributed by atoms with E-state index in [4.69, 9.17) is 4.99 Å². The number of piperidine rings is 1. The molecule has 31 heavy (non-hydrogen) atoms. The number of hydrogen-bond acceptors (Lipinski definition) is 5. The number of rotatable bonds is 8. The van der Waals surface area contributed by atoms with Crippen LogP contribution in [0.15, 0.2) is 46.4 Å². The summed E-state index contributed by atoms with van der Waals surface area (Å²) in [6, 6.07) is 8.68. The van der Waals surface area contributed by atoms with Gasteiger partial charge in [0.05, 0.1) is 9.90 Å². The lowest BCUT2D eigenvalue weighted by atomic mass is 9.98. The summed E-state index contributed by atoms with van der Waals surface area (Å²) in [5, 5.41) is 7.78. The molecule has 1 aromatic heterocycles. The van der Waals surface area contributed by atoms with Gasteiger partial charge in [0.25, 0.3) is 0 Å². The molecule has 0 atom stereocenters. The third-order valence-electron chi connectivity index (χ3n) is 5.11. The summed E-state index contributed by atoms with van der Waals surface area (Å²) in [7, 11) is -3.39. The van der Waals surface area contributed by atoms with Crippen molar-refractivity contribution in [3.05, 3.63) is 46.4 Å². The molecule has 2 N–H and O–H groups in total. The van der Waals surface area contributed by atoms with Crippen LogP contribution >= 0.6 is 35.3 Å². The Bertz CT molecular complexity index is 926. The van der Waals surface area contributed by atoms with E-state index in [9.17, 15) is 8.42 Å². The molecule has 1 aliphatic rings. The van der Waals surface area contributed by atoms with Crippen LogP contribution in [0.5, 0.6) is 0 Å². The first kappa shape index (κ1) is 26.0. The van der Waals surface area contributed by atoms with Gasteiger partial charge < -0.3 is 10.6 Å². The number of nitrogens with one attached hydrogen (secondary N) is 2. The maximum atomic E-state index is 12.8. The number of sulfonamides is 1. The lowest BCUT2D eigenvalue weighted by molar-refractivity contribution is 0.278. The van der Waals surface area contributed by atoms with Crippen molar-refractivity contribution < 1.29 is 8.42 Å². The van der Waals surface area contributed by atoms with Gasteiger partial charge in [0.1, 0.15) is 0 Å². The average molecular weight is 578 g/mol. The number of aryl methyl sites for hydroxylation is 1. The zero-order valence-electron chi connectivity index (χ0n) is 18.1. The van der Waals surface area contributed by atoms with Gasteiger partial charge in [-0.25, -0.2) is 13.4 Å². The quantitative estimate of drug-likeness (QED) is 0.286. The first-order valence-corrected chi connectivity index (χ1v) is 12.7. The second-order valence-electron chi connectivity index (χ2n) is 7.42. The van der Waals surface area contributed by atoms with Crippen LogP contribution in [0.1, 0.15) is 29.7 Å². The zero-order chi connectivity index (χ0) is 21.4. The molecule has 0 bridgehead atoms. The fraction of sp³-hybridized carbons (Fsp3) is 0.524. The molecule has 0 saturated carbocycles. The second-order valence-corrected chi connectivity index (χ2v) is 10.7. The molecule has 7 nitrogen and oxygen atoms in total. The Hall–Kier alpha value is -1.24. The van der Waals surface area contributed by atoms with Crippen LogP contribution in [0.2, 0.25) is 0 Å². The number of aliphatic imine (C=N–C) groups is 1. The zero-order valence-corrected chi connectivity index (χ0v) is 22.0. The summed E-state index contributed by atoms with van der Waals surface area (Å²) in [5.74, 6) is 1.20. The van der Waals surface area contributed by atoms with E-state index >= 15 is 0 Å². The molecule has 1 aliphatic heterocycles. The smallest absolute Gasteiger partial charge is 0.243 e. The molecule has 172 valence electrons. The van der Waals surface area contributed by atoms with Crippen LogP contribution in [-0.2, 0) is 16.4 Å². The van der Waals surface area contributed by atoms with Crippen molar-refractivity contribution in [3.63, 3.8) is 0 Å². The number of benzene rings is 1. The average Bonchev–Trinajstić information content (AvgIpc) is 3.18. The van der Waals surface area contributed by atoms with Gasteiger partial charge in [-0.05, 0) is 44.7 Å². The van der Waals surface area contributed by atoms with Crippen LogP contribution in [0.25, 0.3) is 0 Å². The Balaban J connectivity index is 0.00000341. The van der Waals surface area contributed by atoms with Gasteiger partial charge >= 0.3 is 0 Å². The van der Waals surface area contributed by atoms with Crippen LogP contribution in [-0.4, -0.2) is 56.4 Å². The van der Waals surface area contributed by atoms with Crippen LogP contribution in [0, 0.1) is 12.8 Å². The predicted molar refractivity (Wildman–Crippen MR) is 138 cm³/mol. The van der Waals surface area contributed by atoms with Crippen LogP contribution in [0.3, 0.4) is 0 Å². The Morgan fingerprint density at radius 2 is 1.94 bits per heavy atom. The van der Waals surface area contributed by atoms with E-state index in [0.29, 0.717) is 30.4 Å². The number of hydrogen-bond donors (Lipinski definition) is 2. The molecule has 0 radical (unpaired) electrons. The molecule has 10 heteroatoms. The van der Waals surface area contributed by atoms with E-state index in [0.717, 1.165) is 43.3 Å². The van der Waals surface area contributed by atoms with E-state index in [2.05, 4.69) is 22.5 Å². The highest BCUT2D eigenvalue weighted by molar-refractivity contribution is 14.0. The predicted octanol–water partition coefficient (Wildman–Crippen LogP) is 3.27. The van der Waals surface area contributed by atoms with Crippen molar-refractivity contribution >= 4 is 51.3 Å². The molecule has 1 aromatic carbocycles. The summed E-state index contributed by atoms with van der Waals surface area (Å²) in [5.41, 5.74) is 0. The lowest BCUT2D eigenvalue weighted by Crippen LogP contribution is -2.40. The van der Waals surface area contributed by atoms with E-state index in [1.807, 2.05) is 19.2 Å². The Morgan fingerprint density at radius 1 is 1.23 bits per heavy atom. The number of halogens is 1. The Kier molecular flexibility index (Phi) is 10.7. The van der Waals surface area contributed by atoms with Crippen molar-refractivity contribution in [2.24, 2.45) is 10.9 Å². The highest BCUT2D eigenvalue weighted by Gasteiger charge is 2.29. The molecule has 0 unspecified atom stereocenters. The maximum Gasteiger partial charge on any atom is 0.243 e. The van der Waals surface area contributed by atoms with E-state index in [1.54, 1.807) is 39.9 Å². The fourth-order valence-electron chi connectivity index (χ4n) is 3.44. The molecule has 0 aliphatic carbocycles. The Labute approximate surface area is 206 Å². The monoisotopic (exact) mass is 577 g/mol. The van der Waals surface area contributed by atoms with Gasteiger partial charge in [-0.3, -0.25) is 4.99 Å². The van der Waals surface area contributed by atoms with E-state index < -0.39 is 10.0 Å². The largest absolute Gasteiger partial charge is 0.357 e. The first-order valence-electron chi connectivity index (χ1n) is 10.5. The number of thiazole rings is 1. The molecule has 0 spiro atoms. The van der Waals surface area contributed by atoms with E-state index in [1.165, 1.54) is 4.88 Å². The fourth-order valence-corrected chi connectivity index (χ4v) is 5.72. The van der Waals surface area contributed by atoms with Crippen molar-refractivity contribution in [1.82, 2.24) is 19.9 Å². The molecule has 0 amide bonds. The van der Waals surface area contributed by atoms with Crippen molar-refractivity contribution in [3.8, 4) is 0 Å². The summed E-state index contributed by atoms with van der Waals surface area (Å²) in [6.45, 7) is 7.49. The van der Waals surface area contributed by atoms with Gasteiger partial charge in [0, 0.05) is 50.2 Å². The molecule has 2 aromatic rings. The lowest BCUT2D eigenvalue weighted by Gasteiger charge is -2.30. The van der Waals surface area contributed by atoms with Crippen molar-refractivity contribution in [1.29, 1.82) is 0 Å². The summed E-state index contributed by atoms with van der Waals surface area (Å²) >= 11 is 1.72. The van der Waals surface area contributed by atoms with Gasteiger partial charge in [0.2, 0.25) is 10.0 Å². The summed E-state index contributed by atoms with van der Waals surface area (Å²) in [6.07, 6.45) is 4.43. The van der Waals surface area contributed by atoms with Crippen molar-refractivity contribution in [2.45, 2.75) is 38.0 Å². The molecular weight excluding hydrogens is 545 g/mol. The summed E-state index contributed by atoms with van der Waals surface area (Å²) < 4.78 is 27.1. The maximum absolute atomic E-state index is 12.8. The minimum absolute atomic E-state index is 0. The van der Waals surface area contributed by atoms with Gasteiger partial charge in [-0.15, -0.1) is 35.3 Å². The topological polar surface area (TPSA) is 86.7 Å². The first-order chi connectivity index (χ1) is 14.5. The van der Waals surface area contributed by atoms with Gasteiger partial charge in [-0.1, -0.05) is 18.2 Å².